The van der Waals surface area contributed by atoms with Crippen molar-refractivity contribution in [2.75, 3.05) is 20.8 Å². The zero-order chi connectivity index (χ0) is 15.1. The highest BCUT2D eigenvalue weighted by Gasteiger charge is 2.09. The second-order valence-corrected chi connectivity index (χ2v) is 5.04. The largest absolute Gasteiger partial charge is 0.493 e. The summed E-state index contributed by atoms with van der Waals surface area (Å²) in [6, 6.07) is 3.69. The second kappa shape index (κ2) is 7.90. The maximum absolute atomic E-state index is 6.24. The average molecular weight is 310 g/mol. The van der Waals surface area contributed by atoms with Gasteiger partial charge in [-0.1, -0.05) is 11.6 Å². The van der Waals surface area contributed by atoms with Crippen molar-refractivity contribution in [2.45, 2.75) is 19.5 Å². The van der Waals surface area contributed by atoms with Crippen LogP contribution in [0.25, 0.3) is 0 Å². The van der Waals surface area contributed by atoms with Gasteiger partial charge < -0.3 is 19.4 Å². The molecule has 0 amide bonds. The first-order valence-electron chi connectivity index (χ1n) is 6.81. The molecule has 1 heterocycles. The Balaban J connectivity index is 1.82. The minimum absolute atomic E-state index is 0.645. The molecule has 1 aromatic carbocycles. The molecule has 0 bridgehead atoms. The van der Waals surface area contributed by atoms with Crippen LogP contribution in [0.2, 0.25) is 5.02 Å². The fourth-order valence-corrected chi connectivity index (χ4v) is 2.28. The van der Waals surface area contributed by atoms with Gasteiger partial charge in [-0.3, -0.25) is 0 Å². The third kappa shape index (κ3) is 4.37. The molecule has 6 heteroatoms. The number of methoxy groups -OCH3 is 2. The van der Waals surface area contributed by atoms with Crippen LogP contribution in [0.4, 0.5) is 0 Å². The highest BCUT2D eigenvalue weighted by molar-refractivity contribution is 6.31. The molecule has 21 heavy (non-hydrogen) atoms. The summed E-state index contributed by atoms with van der Waals surface area (Å²) in [5.74, 6) is 1.34. The number of benzene rings is 1. The summed E-state index contributed by atoms with van der Waals surface area (Å²) in [4.78, 5) is 4.02. The summed E-state index contributed by atoms with van der Waals surface area (Å²) >= 11 is 6.24. The smallest absolute Gasteiger partial charge is 0.162 e. The predicted octanol–water partition coefficient (Wildman–Crippen LogP) is 2.73. The van der Waals surface area contributed by atoms with Crippen LogP contribution in [0.5, 0.6) is 11.5 Å². The molecule has 5 nitrogen and oxygen atoms in total. The van der Waals surface area contributed by atoms with Crippen molar-refractivity contribution in [1.29, 1.82) is 0 Å². The molecule has 0 atom stereocenters. The number of hydrogen-bond donors (Lipinski definition) is 1. The fraction of sp³-hybridized carbons (Fsp3) is 0.400. The third-order valence-corrected chi connectivity index (χ3v) is 3.55. The summed E-state index contributed by atoms with van der Waals surface area (Å²) in [6.45, 7) is 2.55. The molecule has 0 saturated carbocycles. The molecule has 0 aliphatic rings. The first kappa shape index (κ1) is 15.7. The molecule has 2 aromatic rings. The van der Waals surface area contributed by atoms with Gasteiger partial charge in [0, 0.05) is 36.6 Å². The molecule has 0 radical (unpaired) electrons. The van der Waals surface area contributed by atoms with E-state index in [-0.39, 0.29) is 0 Å². The predicted molar refractivity (Wildman–Crippen MR) is 83.1 cm³/mol. The maximum Gasteiger partial charge on any atom is 0.162 e. The van der Waals surface area contributed by atoms with Gasteiger partial charge in [-0.25, -0.2) is 4.98 Å². The van der Waals surface area contributed by atoms with E-state index in [4.69, 9.17) is 21.1 Å². The van der Waals surface area contributed by atoms with Crippen LogP contribution in [-0.2, 0) is 13.1 Å². The number of hydrogen-bond acceptors (Lipinski definition) is 4. The van der Waals surface area contributed by atoms with Gasteiger partial charge >= 0.3 is 0 Å². The lowest BCUT2D eigenvalue weighted by Gasteiger charge is -2.12. The van der Waals surface area contributed by atoms with Crippen molar-refractivity contribution in [3.8, 4) is 11.5 Å². The molecule has 0 unspecified atom stereocenters. The standard InChI is InChI=1S/C15H20ClN3O2/c1-20-14-8-12(13(16)9-15(14)21-2)10-17-4-3-6-19-7-5-18-11-19/h5,7-9,11,17H,3-4,6,10H2,1-2H3. The Morgan fingerprint density at radius 2 is 2.00 bits per heavy atom. The Kier molecular flexibility index (Phi) is 5.90. The number of halogens is 1. The summed E-state index contributed by atoms with van der Waals surface area (Å²) < 4.78 is 12.6. The van der Waals surface area contributed by atoms with Crippen molar-refractivity contribution < 1.29 is 9.47 Å². The monoisotopic (exact) mass is 309 g/mol. The Hall–Kier alpha value is -1.72. The van der Waals surface area contributed by atoms with Crippen molar-refractivity contribution in [3.05, 3.63) is 41.4 Å². The van der Waals surface area contributed by atoms with Gasteiger partial charge in [-0.2, -0.15) is 0 Å². The number of aromatic nitrogens is 2. The number of imidazole rings is 1. The average Bonchev–Trinajstić information content (AvgIpc) is 3.01. The molecule has 0 fully saturated rings. The Bertz CT molecular complexity index is 558. The van der Waals surface area contributed by atoms with E-state index in [9.17, 15) is 0 Å². The lowest BCUT2D eigenvalue weighted by Crippen LogP contribution is -2.16. The number of nitrogens with zero attached hydrogens (tertiary/aromatic N) is 2. The molecule has 0 saturated heterocycles. The number of rotatable bonds is 8. The summed E-state index contributed by atoms with van der Waals surface area (Å²) in [5.41, 5.74) is 0.997. The van der Waals surface area contributed by atoms with E-state index < -0.39 is 0 Å². The van der Waals surface area contributed by atoms with E-state index in [1.165, 1.54) is 0 Å². The van der Waals surface area contributed by atoms with Crippen LogP contribution < -0.4 is 14.8 Å². The van der Waals surface area contributed by atoms with Crippen molar-refractivity contribution in [3.63, 3.8) is 0 Å². The Morgan fingerprint density at radius 1 is 1.24 bits per heavy atom. The first-order valence-corrected chi connectivity index (χ1v) is 7.19. The maximum atomic E-state index is 6.24. The van der Waals surface area contributed by atoms with Crippen LogP contribution in [0.3, 0.4) is 0 Å². The number of ether oxygens (including phenoxy) is 2. The van der Waals surface area contributed by atoms with Crippen molar-refractivity contribution in [2.24, 2.45) is 0 Å². The highest BCUT2D eigenvalue weighted by atomic mass is 35.5. The molecule has 114 valence electrons. The van der Waals surface area contributed by atoms with Crippen LogP contribution in [0.15, 0.2) is 30.9 Å². The van der Waals surface area contributed by atoms with Crippen LogP contribution in [0.1, 0.15) is 12.0 Å². The number of nitrogens with one attached hydrogen (secondary N) is 1. The molecule has 1 N–H and O–H groups in total. The van der Waals surface area contributed by atoms with E-state index in [0.29, 0.717) is 23.1 Å². The molecular formula is C15H20ClN3O2. The first-order chi connectivity index (χ1) is 10.2. The van der Waals surface area contributed by atoms with E-state index in [2.05, 4.69) is 14.9 Å². The van der Waals surface area contributed by atoms with Crippen molar-refractivity contribution >= 4 is 11.6 Å². The van der Waals surface area contributed by atoms with Crippen LogP contribution in [-0.4, -0.2) is 30.3 Å². The molecule has 0 aliphatic heterocycles. The van der Waals surface area contributed by atoms with Gasteiger partial charge in [-0.05, 0) is 24.6 Å². The van der Waals surface area contributed by atoms with Gasteiger partial charge in [0.2, 0.25) is 0 Å². The molecule has 0 aliphatic carbocycles. The lowest BCUT2D eigenvalue weighted by molar-refractivity contribution is 0.354. The topological polar surface area (TPSA) is 48.3 Å². The summed E-state index contributed by atoms with van der Waals surface area (Å²) in [5, 5.41) is 4.05. The normalized spacial score (nSPS) is 10.6. The van der Waals surface area contributed by atoms with E-state index >= 15 is 0 Å². The van der Waals surface area contributed by atoms with E-state index in [1.807, 2.05) is 18.6 Å². The molecule has 1 aromatic heterocycles. The van der Waals surface area contributed by atoms with E-state index in [0.717, 1.165) is 25.1 Å². The Labute approximate surface area is 129 Å². The quantitative estimate of drug-likeness (QED) is 0.762. The zero-order valence-corrected chi connectivity index (χ0v) is 13.1. The minimum Gasteiger partial charge on any atom is -0.493 e. The molecular weight excluding hydrogens is 290 g/mol. The van der Waals surface area contributed by atoms with Gasteiger partial charge in [0.1, 0.15) is 0 Å². The van der Waals surface area contributed by atoms with Crippen LogP contribution in [0, 0.1) is 0 Å². The fourth-order valence-electron chi connectivity index (χ4n) is 2.06. The molecule has 0 spiro atoms. The number of aryl methyl sites for hydroxylation is 1. The van der Waals surface area contributed by atoms with Gasteiger partial charge in [0.05, 0.1) is 20.5 Å². The second-order valence-electron chi connectivity index (χ2n) is 4.63. The SMILES string of the molecule is COc1cc(Cl)c(CNCCCn2ccnc2)cc1OC. The van der Waals surface area contributed by atoms with Crippen molar-refractivity contribution in [1.82, 2.24) is 14.9 Å². The van der Waals surface area contributed by atoms with Gasteiger partial charge in [0.15, 0.2) is 11.5 Å². The minimum atomic E-state index is 0.645. The van der Waals surface area contributed by atoms with Crippen LogP contribution >= 0.6 is 11.6 Å². The summed E-state index contributed by atoms with van der Waals surface area (Å²) in [6.07, 6.45) is 6.61. The summed E-state index contributed by atoms with van der Waals surface area (Å²) in [7, 11) is 3.22. The molecule has 2 rings (SSSR count). The highest BCUT2D eigenvalue weighted by Crippen LogP contribution is 2.32. The third-order valence-electron chi connectivity index (χ3n) is 3.20. The zero-order valence-electron chi connectivity index (χ0n) is 12.3. The van der Waals surface area contributed by atoms with Gasteiger partial charge in [0.25, 0.3) is 0 Å². The van der Waals surface area contributed by atoms with E-state index in [1.54, 1.807) is 26.5 Å². The Morgan fingerprint density at radius 3 is 2.67 bits per heavy atom. The van der Waals surface area contributed by atoms with Gasteiger partial charge in [-0.15, -0.1) is 0 Å². The lowest BCUT2D eigenvalue weighted by atomic mass is 10.2.